The summed E-state index contributed by atoms with van der Waals surface area (Å²) in [6.07, 6.45) is 0.149. The second kappa shape index (κ2) is 2.77. The highest BCUT2D eigenvalue weighted by atomic mass is 16.5. The van der Waals surface area contributed by atoms with E-state index in [0.717, 1.165) is 0 Å². The molecule has 4 nitrogen and oxygen atoms in total. The first-order valence-corrected chi connectivity index (χ1v) is 3.03. The summed E-state index contributed by atoms with van der Waals surface area (Å²) in [7, 11) is 0. The van der Waals surface area contributed by atoms with Gasteiger partial charge in [-0.2, -0.15) is 0 Å². The lowest BCUT2D eigenvalue weighted by Crippen LogP contribution is -2.37. The molecule has 1 fully saturated rings. The Morgan fingerprint density at radius 2 is 2.56 bits per heavy atom. The van der Waals surface area contributed by atoms with Crippen LogP contribution in [0, 0.1) is 4.91 Å². The number of hydrogen-bond acceptors (Lipinski definition) is 3. The second-order valence-corrected chi connectivity index (χ2v) is 2.18. The first-order chi connectivity index (χ1) is 4.33. The lowest BCUT2D eigenvalue weighted by atomic mass is 10.3. The van der Waals surface area contributed by atoms with E-state index in [2.05, 4.69) is 5.29 Å². The molecule has 0 radical (unpaired) electrons. The predicted molar refractivity (Wildman–Crippen MR) is 32.8 cm³/mol. The molecular weight excluding hydrogens is 120 g/mol. The molecule has 0 aromatic carbocycles. The van der Waals surface area contributed by atoms with E-state index in [1.54, 1.807) is 0 Å². The minimum atomic E-state index is 0.149. The van der Waals surface area contributed by atoms with Gasteiger partial charge in [-0.25, -0.2) is 0 Å². The van der Waals surface area contributed by atoms with Crippen molar-refractivity contribution < 1.29 is 4.74 Å². The van der Waals surface area contributed by atoms with Crippen molar-refractivity contribution in [1.29, 1.82) is 0 Å². The molecule has 9 heavy (non-hydrogen) atoms. The Morgan fingerprint density at radius 3 is 3.00 bits per heavy atom. The maximum absolute atomic E-state index is 9.93. The van der Waals surface area contributed by atoms with E-state index in [9.17, 15) is 4.91 Å². The predicted octanol–water partition coefficient (Wildman–Crippen LogP) is 0.388. The SMILES string of the molecule is C[C@H]1CN(N=O)CCO1. The standard InChI is InChI=1S/C5H10N2O2/c1-5-4-7(6-8)2-3-9-5/h5H,2-4H2,1H3/t5-/m0/s1. The maximum atomic E-state index is 9.93. The Morgan fingerprint density at radius 1 is 1.78 bits per heavy atom. The van der Waals surface area contributed by atoms with E-state index in [-0.39, 0.29) is 6.10 Å². The highest BCUT2D eigenvalue weighted by Crippen LogP contribution is 2.02. The van der Waals surface area contributed by atoms with Gasteiger partial charge in [-0.1, -0.05) is 0 Å². The van der Waals surface area contributed by atoms with Gasteiger partial charge in [-0.3, -0.25) is 5.01 Å². The van der Waals surface area contributed by atoms with Crippen molar-refractivity contribution in [2.24, 2.45) is 5.29 Å². The number of nitrogens with zero attached hydrogens (tertiary/aromatic N) is 2. The monoisotopic (exact) mass is 130 g/mol. The number of nitroso groups, excluding NO2 is 1. The van der Waals surface area contributed by atoms with Crippen LogP contribution in [0.25, 0.3) is 0 Å². The fraction of sp³-hybridized carbons (Fsp3) is 1.00. The Labute approximate surface area is 53.7 Å². The number of hydrogen-bond donors (Lipinski definition) is 0. The Balaban J connectivity index is 2.31. The highest BCUT2D eigenvalue weighted by molar-refractivity contribution is 4.63. The normalized spacial score (nSPS) is 28.1. The largest absolute Gasteiger partial charge is 0.375 e. The van der Waals surface area contributed by atoms with Crippen molar-refractivity contribution in [2.75, 3.05) is 19.7 Å². The summed E-state index contributed by atoms with van der Waals surface area (Å²) in [5, 5.41) is 4.28. The fourth-order valence-corrected chi connectivity index (χ4v) is 0.874. The molecule has 1 rings (SSSR count). The summed E-state index contributed by atoms with van der Waals surface area (Å²) in [5.74, 6) is 0. The van der Waals surface area contributed by atoms with E-state index < -0.39 is 0 Å². The molecule has 1 atom stereocenters. The van der Waals surface area contributed by atoms with Gasteiger partial charge in [0.25, 0.3) is 0 Å². The smallest absolute Gasteiger partial charge is 0.0740 e. The van der Waals surface area contributed by atoms with Crippen LogP contribution in [0.5, 0.6) is 0 Å². The molecule has 0 unspecified atom stereocenters. The van der Waals surface area contributed by atoms with Gasteiger partial charge >= 0.3 is 0 Å². The molecule has 0 N–H and O–H groups in total. The molecule has 0 aromatic heterocycles. The van der Waals surface area contributed by atoms with Gasteiger partial charge in [-0.15, -0.1) is 4.91 Å². The van der Waals surface area contributed by atoms with Crippen molar-refractivity contribution in [3.8, 4) is 0 Å². The zero-order valence-corrected chi connectivity index (χ0v) is 5.41. The summed E-state index contributed by atoms with van der Waals surface area (Å²) in [6.45, 7) is 3.81. The first kappa shape index (κ1) is 6.48. The zero-order valence-electron chi connectivity index (χ0n) is 5.41. The topological polar surface area (TPSA) is 41.9 Å². The van der Waals surface area contributed by atoms with Crippen molar-refractivity contribution in [1.82, 2.24) is 5.01 Å². The van der Waals surface area contributed by atoms with Gasteiger partial charge in [0, 0.05) is 0 Å². The van der Waals surface area contributed by atoms with Crippen molar-refractivity contribution in [2.45, 2.75) is 13.0 Å². The van der Waals surface area contributed by atoms with E-state index >= 15 is 0 Å². The van der Waals surface area contributed by atoms with Crippen LogP contribution in [-0.2, 0) is 4.74 Å². The Bertz CT molecular complexity index is 107. The Kier molecular flexibility index (Phi) is 2.00. The van der Waals surface area contributed by atoms with Gasteiger partial charge in [0.05, 0.1) is 31.1 Å². The molecule has 0 saturated carbocycles. The molecule has 0 aromatic rings. The van der Waals surface area contributed by atoms with E-state index in [0.29, 0.717) is 19.7 Å². The average Bonchev–Trinajstić information content (AvgIpc) is 1.88. The summed E-state index contributed by atoms with van der Waals surface area (Å²) >= 11 is 0. The molecule has 0 aliphatic carbocycles. The van der Waals surface area contributed by atoms with Crippen molar-refractivity contribution in [3.63, 3.8) is 0 Å². The van der Waals surface area contributed by atoms with Crippen LogP contribution >= 0.6 is 0 Å². The third kappa shape index (κ3) is 1.64. The second-order valence-electron chi connectivity index (χ2n) is 2.18. The minimum Gasteiger partial charge on any atom is -0.375 e. The molecule has 4 heteroatoms. The van der Waals surface area contributed by atoms with Crippen molar-refractivity contribution in [3.05, 3.63) is 4.91 Å². The summed E-state index contributed by atoms with van der Waals surface area (Å²) in [6, 6.07) is 0. The Hall–Kier alpha value is -0.640. The number of ether oxygens (including phenoxy) is 1. The molecule has 0 bridgehead atoms. The first-order valence-electron chi connectivity index (χ1n) is 3.03. The van der Waals surface area contributed by atoms with Crippen LogP contribution in [0.4, 0.5) is 0 Å². The van der Waals surface area contributed by atoms with Crippen molar-refractivity contribution >= 4 is 0 Å². The molecule has 1 aliphatic rings. The molecule has 52 valence electrons. The highest BCUT2D eigenvalue weighted by Gasteiger charge is 2.14. The summed E-state index contributed by atoms with van der Waals surface area (Å²) in [4.78, 5) is 9.93. The zero-order chi connectivity index (χ0) is 6.69. The molecular formula is C5H10N2O2. The van der Waals surface area contributed by atoms with Gasteiger partial charge < -0.3 is 4.74 Å². The minimum absolute atomic E-state index is 0.149. The van der Waals surface area contributed by atoms with Gasteiger partial charge in [-0.05, 0) is 6.92 Å². The molecule has 0 amide bonds. The fourth-order valence-electron chi connectivity index (χ4n) is 0.874. The van der Waals surface area contributed by atoms with Crippen LogP contribution in [0.1, 0.15) is 6.92 Å². The third-order valence-electron chi connectivity index (χ3n) is 1.34. The molecule has 0 spiro atoms. The number of morpholine rings is 1. The third-order valence-corrected chi connectivity index (χ3v) is 1.34. The van der Waals surface area contributed by atoms with Gasteiger partial charge in [0.1, 0.15) is 0 Å². The van der Waals surface area contributed by atoms with Gasteiger partial charge in [0.15, 0.2) is 0 Å². The van der Waals surface area contributed by atoms with E-state index in [4.69, 9.17) is 4.74 Å². The quantitative estimate of drug-likeness (QED) is 0.482. The van der Waals surface area contributed by atoms with Crippen LogP contribution < -0.4 is 0 Å². The number of rotatable bonds is 1. The van der Waals surface area contributed by atoms with E-state index in [1.165, 1.54) is 5.01 Å². The lowest BCUT2D eigenvalue weighted by Gasteiger charge is -2.25. The maximum Gasteiger partial charge on any atom is 0.0740 e. The molecule has 1 heterocycles. The van der Waals surface area contributed by atoms with E-state index in [1.807, 2.05) is 6.92 Å². The van der Waals surface area contributed by atoms with Gasteiger partial charge in [0.2, 0.25) is 0 Å². The summed E-state index contributed by atoms with van der Waals surface area (Å²) < 4.78 is 5.17. The van der Waals surface area contributed by atoms with Crippen LogP contribution in [0.15, 0.2) is 5.29 Å². The lowest BCUT2D eigenvalue weighted by molar-refractivity contribution is -0.0180. The average molecular weight is 130 g/mol. The van der Waals surface area contributed by atoms with Crippen LogP contribution in [0.2, 0.25) is 0 Å². The summed E-state index contributed by atoms with van der Waals surface area (Å²) in [5.41, 5.74) is 0. The molecule has 1 aliphatic heterocycles. The molecule has 1 saturated heterocycles. The van der Waals surface area contributed by atoms with Crippen LogP contribution in [-0.4, -0.2) is 30.8 Å². The van der Waals surface area contributed by atoms with Crippen LogP contribution in [0.3, 0.4) is 0 Å².